The third-order valence-electron chi connectivity index (χ3n) is 3.63. The molecule has 2 aromatic rings. The molecule has 1 aromatic heterocycles. The van der Waals surface area contributed by atoms with E-state index in [0.29, 0.717) is 0 Å². The average molecular weight is 329 g/mol. The van der Waals surface area contributed by atoms with Crippen molar-refractivity contribution >= 4 is 11.6 Å². The molecule has 7 nitrogen and oxygen atoms in total. The zero-order valence-electron chi connectivity index (χ0n) is 14.5. The Kier molecular flexibility index (Phi) is 7.59. The van der Waals surface area contributed by atoms with Crippen molar-refractivity contribution in [2.75, 3.05) is 32.0 Å². The molecule has 0 aliphatic carbocycles. The van der Waals surface area contributed by atoms with Gasteiger partial charge in [0.25, 0.3) is 0 Å². The standard InChI is InChI=1S/C17H27N7/c1-3-16-23-22-14-24(16)13-12-21-17(18-2)20-11-7-10-19-15-8-5-4-6-9-15/h4-6,8-9,14,19H,3,7,10-13H2,1-2H3,(H2,18,20,21). The third kappa shape index (κ3) is 5.91. The van der Waals surface area contributed by atoms with Crippen LogP contribution in [0.15, 0.2) is 41.7 Å². The Morgan fingerprint density at radius 2 is 1.92 bits per heavy atom. The Morgan fingerprint density at radius 1 is 1.12 bits per heavy atom. The molecule has 3 N–H and O–H groups in total. The minimum atomic E-state index is 0.785. The molecule has 0 saturated carbocycles. The quantitative estimate of drug-likeness (QED) is 0.369. The molecule has 0 aliphatic rings. The van der Waals surface area contributed by atoms with E-state index in [9.17, 15) is 0 Å². The molecule has 0 bridgehead atoms. The summed E-state index contributed by atoms with van der Waals surface area (Å²) in [6.45, 7) is 5.48. The summed E-state index contributed by atoms with van der Waals surface area (Å²) >= 11 is 0. The largest absolute Gasteiger partial charge is 0.385 e. The molecule has 0 amide bonds. The van der Waals surface area contributed by atoms with Crippen LogP contribution in [-0.2, 0) is 13.0 Å². The summed E-state index contributed by atoms with van der Waals surface area (Å²) in [5.41, 5.74) is 1.15. The molecule has 1 heterocycles. The van der Waals surface area contributed by atoms with E-state index < -0.39 is 0 Å². The fourth-order valence-corrected chi connectivity index (χ4v) is 2.34. The number of aliphatic imine (C=N–C) groups is 1. The second-order valence-electron chi connectivity index (χ2n) is 5.37. The highest BCUT2D eigenvalue weighted by molar-refractivity contribution is 5.79. The van der Waals surface area contributed by atoms with Gasteiger partial charge in [-0.15, -0.1) is 10.2 Å². The van der Waals surface area contributed by atoms with Crippen molar-refractivity contribution in [3.63, 3.8) is 0 Å². The van der Waals surface area contributed by atoms with Crippen molar-refractivity contribution in [1.29, 1.82) is 0 Å². The number of nitrogens with one attached hydrogen (secondary N) is 3. The number of guanidine groups is 1. The van der Waals surface area contributed by atoms with E-state index in [-0.39, 0.29) is 0 Å². The Labute approximate surface area is 143 Å². The SMILES string of the molecule is CCc1nncn1CCNC(=NC)NCCCNc1ccccc1. The van der Waals surface area contributed by atoms with E-state index in [1.165, 1.54) is 0 Å². The highest BCUT2D eigenvalue weighted by atomic mass is 15.3. The van der Waals surface area contributed by atoms with Gasteiger partial charge in [0.1, 0.15) is 12.2 Å². The van der Waals surface area contributed by atoms with Gasteiger partial charge in [-0.25, -0.2) is 0 Å². The number of aromatic nitrogens is 3. The number of hydrogen-bond donors (Lipinski definition) is 3. The lowest BCUT2D eigenvalue weighted by Crippen LogP contribution is -2.39. The fourth-order valence-electron chi connectivity index (χ4n) is 2.34. The van der Waals surface area contributed by atoms with Gasteiger partial charge in [0.2, 0.25) is 0 Å². The number of benzene rings is 1. The molecule has 0 fully saturated rings. The van der Waals surface area contributed by atoms with Crippen LogP contribution in [0.25, 0.3) is 0 Å². The van der Waals surface area contributed by atoms with Crippen molar-refractivity contribution in [3.8, 4) is 0 Å². The average Bonchev–Trinajstić information content (AvgIpc) is 3.08. The van der Waals surface area contributed by atoms with E-state index in [0.717, 1.165) is 56.5 Å². The molecule has 0 aliphatic heterocycles. The molecule has 0 radical (unpaired) electrons. The van der Waals surface area contributed by atoms with Gasteiger partial charge in [0.15, 0.2) is 5.96 Å². The Morgan fingerprint density at radius 3 is 2.67 bits per heavy atom. The van der Waals surface area contributed by atoms with Crippen LogP contribution in [0.1, 0.15) is 19.2 Å². The molecule has 7 heteroatoms. The fraction of sp³-hybridized carbons (Fsp3) is 0.471. The van der Waals surface area contributed by atoms with E-state index in [1.807, 2.05) is 18.2 Å². The van der Waals surface area contributed by atoms with Gasteiger partial charge in [0.05, 0.1) is 0 Å². The van der Waals surface area contributed by atoms with Gasteiger partial charge < -0.3 is 20.5 Å². The molecule has 0 atom stereocenters. The van der Waals surface area contributed by atoms with Gasteiger partial charge >= 0.3 is 0 Å². The summed E-state index contributed by atoms with van der Waals surface area (Å²) in [7, 11) is 1.79. The molecule has 0 unspecified atom stereocenters. The summed E-state index contributed by atoms with van der Waals surface area (Å²) in [5.74, 6) is 1.83. The Balaban J connectivity index is 1.59. The van der Waals surface area contributed by atoms with Gasteiger partial charge in [0, 0.05) is 45.3 Å². The van der Waals surface area contributed by atoms with Crippen molar-refractivity contribution in [2.24, 2.45) is 4.99 Å². The first-order valence-corrected chi connectivity index (χ1v) is 8.43. The maximum absolute atomic E-state index is 4.24. The third-order valence-corrected chi connectivity index (χ3v) is 3.63. The summed E-state index contributed by atoms with van der Waals surface area (Å²) in [6, 6.07) is 10.2. The molecule has 0 saturated heterocycles. The normalized spacial score (nSPS) is 11.3. The van der Waals surface area contributed by atoms with Crippen molar-refractivity contribution in [2.45, 2.75) is 26.3 Å². The van der Waals surface area contributed by atoms with Gasteiger partial charge in [-0.1, -0.05) is 25.1 Å². The lowest BCUT2D eigenvalue weighted by molar-refractivity contribution is 0.631. The van der Waals surface area contributed by atoms with E-state index in [2.05, 4.69) is 54.8 Å². The van der Waals surface area contributed by atoms with Crippen molar-refractivity contribution in [3.05, 3.63) is 42.5 Å². The van der Waals surface area contributed by atoms with Gasteiger partial charge in [-0.3, -0.25) is 4.99 Å². The second-order valence-corrected chi connectivity index (χ2v) is 5.37. The number of rotatable bonds is 9. The van der Waals surface area contributed by atoms with Crippen LogP contribution in [0.5, 0.6) is 0 Å². The maximum atomic E-state index is 4.24. The summed E-state index contributed by atoms with van der Waals surface area (Å²) in [6.07, 6.45) is 3.67. The number of aryl methyl sites for hydroxylation is 1. The van der Waals surface area contributed by atoms with Crippen LogP contribution in [-0.4, -0.2) is 47.4 Å². The van der Waals surface area contributed by atoms with Crippen LogP contribution in [0.3, 0.4) is 0 Å². The predicted octanol–water partition coefficient (Wildman–Crippen LogP) is 1.51. The molecule has 1 aromatic carbocycles. The van der Waals surface area contributed by atoms with Crippen LogP contribution < -0.4 is 16.0 Å². The maximum Gasteiger partial charge on any atom is 0.191 e. The Hall–Kier alpha value is -2.57. The summed E-state index contributed by atoms with van der Waals surface area (Å²) in [4.78, 5) is 4.24. The molecule has 0 spiro atoms. The lowest BCUT2D eigenvalue weighted by atomic mass is 10.3. The lowest BCUT2D eigenvalue weighted by Gasteiger charge is -2.13. The molecular formula is C17H27N7. The van der Waals surface area contributed by atoms with E-state index in [4.69, 9.17) is 0 Å². The van der Waals surface area contributed by atoms with Crippen molar-refractivity contribution < 1.29 is 0 Å². The van der Waals surface area contributed by atoms with Crippen LogP contribution >= 0.6 is 0 Å². The second kappa shape index (κ2) is 10.3. The highest BCUT2D eigenvalue weighted by Crippen LogP contribution is 2.04. The molecule has 2 rings (SSSR count). The number of anilines is 1. The number of hydrogen-bond acceptors (Lipinski definition) is 4. The minimum absolute atomic E-state index is 0.785. The monoisotopic (exact) mass is 329 g/mol. The summed E-state index contributed by atoms with van der Waals surface area (Å²) < 4.78 is 2.06. The van der Waals surface area contributed by atoms with E-state index >= 15 is 0 Å². The highest BCUT2D eigenvalue weighted by Gasteiger charge is 2.02. The zero-order valence-corrected chi connectivity index (χ0v) is 14.5. The van der Waals surface area contributed by atoms with Gasteiger partial charge in [-0.2, -0.15) is 0 Å². The number of para-hydroxylation sites is 1. The first-order chi connectivity index (χ1) is 11.8. The smallest absolute Gasteiger partial charge is 0.191 e. The van der Waals surface area contributed by atoms with Gasteiger partial charge in [-0.05, 0) is 18.6 Å². The molecular weight excluding hydrogens is 302 g/mol. The first kappa shape index (κ1) is 17.8. The van der Waals surface area contributed by atoms with Crippen LogP contribution in [0, 0.1) is 0 Å². The summed E-state index contributed by atoms with van der Waals surface area (Å²) in [5, 5.41) is 18.0. The Bertz CT molecular complexity index is 606. The minimum Gasteiger partial charge on any atom is -0.385 e. The zero-order chi connectivity index (χ0) is 17.0. The molecule has 130 valence electrons. The van der Waals surface area contributed by atoms with Crippen LogP contribution in [0.4, 0.5) is 5.69 Å². The van der Waals surface area contributed by atoms with Crippen molar-refractivity contribution in [1.82, 2.24) is 25.4 Å². The number of nitrogens with zero attached hydrogens (tertiary/aromatic N) is 4. The first-order valence-electron chi connectivity index (χ1n) is 8.43. The van der Waals surface area contributed by atoms with E-state index in [1.54, 1.807) is 13.4 Å². The molecule has 24 heavy (non-hydrogen) atoms. The topological polar surface area (TPSA) is 79.2 Å². The van der Waals surface area contributed by atoms with Crippen LogP contribution in [0.2, 0.25) is 0 Å². The predicted molar refractivity (Wildman–Crippen MR) is 98.3 cm³/mol.